The number of morpholine rings is 1. The number of methoxy groups -OCH3 is 1. The van der Waals surface area contributed by atoms with Gasteiger partial charge in [0, 0.05) is 52.0 Å². The first-order valence-electron chi connectivity index (χ1n) is 10.8. The van der Waals surface area contributed by atoms with E-state index in [0.29, 0.717) is 31.3 Å². The summed E-state index contributed by atoms with van der Waals surface area (Å²) in [5, 5.41) is 4.68. The van der Waals surface area contributed by atoms with Crippen molar-refractivity contribution in [1.82, 2.24) is 29.5 Å². The van der Waals surface area contributed by atoms with E-state index in [0.717, 1.165) is 54.8 Å². The molecule has 31 heavy (non-hydrogen) atoms. The Kier molecular flexibility index (Phi) is 5.41. The highest BCUT2D eigenvalue weighted by atomic mass is 16.5. The van der Waals surface area contributed by atoms with Gasteiger partial charge in [-0.15, -0.1) is 0 Å². The number of aromatic nitrogens is 6. The Morgan fingerprint density at radius 1 is 1.03 bits per heavy atom. The lowest BCUT2D eigenvalue weighted by atomic mass is 10.2. The van der Waals surface area contributed by atoms with Crippen LogP contribution in [0, 0.1) is 13.8 Å². The van der Waals surface area contributed by atoms with Gasteiger partial charge in [-0.2, -0.15) is 5.10 Å². The fraction of sp³-hybridized carbons (Fsp3) is 0.571. The molecule has 2 fully saturated rings. The molecule has 3 aromatic heterocycles. The minimum absolute atomic E-state index is 0.341. The largest absolute Gasteiger partial charge is 0.378 e. The molecular weight excluding hydrogens is 396 g/mol. The lowest BCUT2D eigenvalue weighted by Crippen LogP contribution is -2.39. The maximum atomic E-state index is 5.83. The predicted molar refractivity (Wildman–Crippen MR) is 116 cm³/mol. The van der Waals surface area contributed by atoms with E-state index in [1.54, 1.807) is 7.11 Å². The molecule has 1 atom stereocenters. The third-order valence-electron chi connectivity index (χ3n) is 5.93. The summed E-state index contributed by atoms with van der Waals surface area (Å²) in [5.41, 5.74) is 2.57. The fourth-order valence-corrected chi connectivity index (χ4v) is 3.92. The van der Waals surface area contributed by atoms with Crippen molar-refractivity contribution in [1.29, 1.82) is 0 Å². The van der Waals surface area contributed by atoms with Crippen molar-refractivity contribution >= 4 is 17.3 Å². The molecule has 1 unspecified atom stereocenters. The quantitative estimate of drug-likeness (QED) is 0.583. The molecule has 2 aliphatic rings. The maximum absolute atomic E-state index is 5.83. The lowest BCUT2D eigenvalue weighted by Gasteiger charge is -2.34. The second-order valence-electron chi connectivity index (χ2n) is 8.06. The zero-order chi connectivity index (χ0) is 21.4. The topological polar surface area (TPSA) is 93.8 Å². The van der Waals surface area contributed by atoms with Crippen molar-refractivity contribution in [3.63, 3.8) is 0 Å². The molecule has 0 spiro atoms. The van der Waals surface area contributed by atoms with Crippen LogP contribution in [0.4, 0.5) is 11.6 Å². The van der Waals surface area contributed by atoms with Crippen molar-refractivity contribution in [3.05, 3.63) is 35.3 Å². The van der Waals surface area contributed by atoms with Gasteiger partial charge < -0.3 is 19.3 Å². The summed E-state index contributed by atoms with van der Waals surface area (Å²) >= 11 is 0. The van der Waals surface area contributed by atoms with Gasteiger partial charge in [-0.3, -0.25) is 4.98 Å². The third kappa shape index (κ3) is 3.92. The van der Waals surface area contributed by atoms with Crippen LogP contribution in [0.3, 0.4) is 0 Å². The number of aryl methyl sites for hydroxylation is 2. The van der Waals surface area contributed by atoms with Gasteiger partial charge in [-0.1, -0.05) is 0 Å². The van der Waals surface area contributed by atoms with Gasteiger partial charge in [0.05, 0.1) is 24.6 Å². The van der Waals surface area contributed by atoms with Crippen molar-refractivity contribution in [2.24, 2.45) is 0 Å². The van der Waals surface area contributed by atoms with Crippen LogP contribution in [-0.4, -0.2) is 76.1 Å². The van der Waals surface area contributed by atoms with Gasteiger partial charge in [0.15, 0.2) is 17.3 Å². The lowest BCUT2D eigenvalue weighted by molar-refractivity contribution is 0.0942. The van der Waals surface area contributed by atoms with Crippen LogP contribution in [0.15, 0.2) is 12.3 Å². The van der Waals surface area contributed by atoms with Crippen LogP contribution in [-0.2, 0) is 15.9 Å². The number of hydrogen-bond acceptors (Lipinski definition) is 9. The molecule has 5 heterocycles. The monoisotopic (exact) mass is 424 g/mol. The van der Waals surface area contributed by atoms with E-state index in [1.165, 1.54) is 6.42 Å². The zero-order valence-electron chi connectivity index (χ0n) is 18.3. The SMILES string of the molecule is COC(Cc1nc2c(C)ncc(C)n2n1)c1nc(N2CCC2)cc(N2CCOCC2)n1. The average molecular weight is 425 g/mol. The molecule has 0 bridgehead atoms. The second kappa shape index (κ2) is 8.35. The molecule has 10 heteroatoms. The smallest absolute Gasteiger partial charge is 0.177 e. The Hall–Kier alpha value is -2.85. The summed E-state index contributed by atoms with van der Waals surface area (Å²) in [6.45, 7) is 9.04. The van der Waals surface area contributed by atoms with Crippen LogP contribution in [0.2, 0.25) is 0 Å². The van der Waals surface area contributed by atoms with Crippen molar-refractivity contribution in [2.75, 3.05) is 56.3 Å². The highest BCUT2D eigenvalue weighted by Crippen LogP contribution is 2.27. The molecule has 5 rings (SSSR count). The van der Waals surface area contributed by atoms with Gasteiger partial charge in [-0.25, -0.2) is 19.5 Å². The fourth-order valence-electron chi connectivity index (χ4n) is 3.92. The van der Waals surface area contributed by atoms with Gasteiger partial charge in [0.25, 0.3) is 0 Å². The molecule has 10 nitrogen and oxygen atoms in total. The number of rotatable bonds is 6. The molecule has 0 N–H and O–H groups in total. The Morgan fingerprint density at radius 2 is 1.74 bits per heavy atom. The van der Waals surface area contributed by atoms with Crippen molar-refractivity contribution < 1.29 is 9.47 Å². The number of fused-ring (bicyclic) bond motifs is 1. The Labute approximate surface area is 181 Å². The molecule has 164 valence electrons. The first kappa shape index (κ1) is 20.1. The van der Waals surface area contributed by atoms with E-state index >= 15 is 0 Å². The molecule has 0 aromatic carbocycles. The number of ether oxygens (including phenoxy) is 2. The summed E-state index contributed by atoms with van der Waals surface area (Å²) in [6, 6.07) is 2.09. The molecule has 0 saturated carbocycles. The molecule has 0 amide bonds. The first-order chi connectivity index (χ1) is 15.1. The molecular formula is C21H28N8O2. The van der Waals surface area contributed by atoms with Crippen LogP contribution >= 0.6 is 0 Å². The molecule has 2 aliphatic heterocycles. The molecule has 3 aromatic rings. The summed E-state index contributed by atoms with van der Waals surface area (Å²) in [7, 11) is 1.69. The highest BCUT2D eigenvalue weighted by molar-refractivity contribution is 5.52. The molecule has 0 aliphatic carbocycles. The van der Waals surface area contributed by atoms with E-state index in [4.69, 9.17) is 24.4 Å². The number of hydrogen-bond donors (Lipinski definition) is 0. The first-order valence-corrected chi connectivity index (χ1v) is 10.8. The minimum atomic E-state index is -0.341. The van der Waals surface area contributed by atoms with E-state index in [9.17, 15) is 0 Å². The minimum Gasteiger partial charge on any atom is -0.378 e. The van der Waals surface area contributed by atoms with Gasteiger partial charge in [-0.05, 0) is 20.3 Å². The van der Waals surface area contributed by atoms with Crippen LogP contribution in [0.1, 0.15) is 35.6 Å². The van der Waals surface area contributed by atoms with E-state index in [1.807, 2.05) is 24.6 Å². The van der Waals surface area contributed by atoms with E-state index in [2.05, 4.69) is 25.9 Å². The van der Waals surface area contributed by atoms with Crippen molar-refractivity contribution in [3.8, 4) is 0 Å². The van der Waals surface area contributed by atoms with Gasteiger partial charge in [0.1, 0.15) is 17.7 Å². The number of nitrogens with zero attached hydrogens (tertiary/aromatic N) is 8. The normalized spacial score (nSPS) is 17.8. The summed E-state index contributed by atoms with van der Waals surface area (Å²) in [5.74, 6) is 3.24. The average Bonchev–Trinajstić information content (AvgIpc) is 3.19. The van der Waals surface area contributed by atoms with Crippen LogP contribution < -0.4 is 9.80 Å². The van der Waals surface area contributed by atoms with Gasteiger partial charge in [0.2, 0.25) is 0 Å². The summed E-state index contributed by atoms with van der Waals surface area (Å²) in [6.07, 6.45) is 3.15. The van der Waals surface area contributed by atoms with Crippen molar-refractivity contribution in [2.45, 2.75) is 32.8 Å². The van der Waals surface area contributed by atoms with Gasteiger partial charge >= 0.3 is 0 Å². The number of anilines is 2. The Bertz CT molecular complexity index is 1040. The Morgan fingerprint density at radius 3 is 2.35 bits per heavy atom. The van der Waals surface area contributed by atoms with E-state index in [-0.39, 0.29) is 6.10 Å². The molecule has 0 radical (unpaired) electrons. The van der Waals surface area contributed by atoms with E-state index < -0.39 is 0 Å². The third-order valence-corrected chi connectivity index (χ3v) is 5.93. The van der Waals surface area contributed by atoms with Crippen LogP contribution in [0.25, 0.3) is 5.65 Å². The van der Waals surface area contributed by atoms with Crippen LogP contribution in [0.5, 0.6) is 0 Å². The Balaban J connectivity index is 1.47. The molecule has 2 saturated heterocycles. The standard InChI is InChI=1S/C21H28N8O2/c1-14-13-22-15(2)21-23-17(26-29(14)21)11-16(30-3)20-24-18(27-5-4-6-27)12-19(25-20)28-7-9-31-10-8-28/h12-13,16H,4-11H2,1-3H3. The summed E-state index contributed by atoms with van der Waals surface area (Å²) < 4.78 is 13.2. The second-order valence-corrected chi connectivity index (χ2v) is 8.06. The summed E-state index contributed by atoms with van der Waals surface area (Å²) in [4.78, 5) is 23.4. The maximum Gasteiger partial charge on any atom is 0.177 e. The predicted octanol–water partition coefficient (Wildman–Crippen LogP) is 1.51. The highest BCUT2D eigenvalue weighted by Gasteiger charge is 2.25. The zero-order valence-corrected chi connectivity index (χ0v) is 18.3.